The number of piperidine rings is 1. The van der Waals surface area contributed by atoms with Crippen LogP contribution in [0, 0.1) is 11.6 Å². The van der Waals surface area contributed by atoms with E-state index in [0.717, 1.165) is 6.07 Å². The fourth-order valence-corrected chi connectivity index (χ4v) is 2.91. The van der Waals surface area contributed by atoms with Crippen molar-refractivity contribution in [3.8, 4) is 0 Å². The number of carbonyl (C=O) groups excluding carboxylic acids is 1. The smallest absolute Gasteiger partial charge is 0.338 e. The van der Waals surface area contributed by atoms with E-state index in [1.54, 1.807) is 0 Å². The van der Waals surface area contributed by atoms with Crippen molar-refractivity contribution >= 4 is 5.91 Å². The summed E-state index contributed by atoms with van der Waals surface area (Å²) in [6.45, 7) is 0.401. The third-order valence-electron chi connectivity index (χ3n) is 4.18. The van der Waals surface area contributed by atoms with Crippen LogP contribution in [-0.2, 0) is 6.18 Å². The number of benzene rings is 1. The summed E-state index contributed by atoms with van der Waals surface area (Å²) in [6, 6.07) is 3.32. The lowest BCUT2D eigenvalue weighted by molar-refractivity contribution is -0.141. The maximum absolute atomic E-state index is 13.8. The van der Waals surface area contributed by atoms with Gasteiger partial charge in [0.25, 0.3) is 5.91 Å². The van der Waals surface area contributed by atoms with E-state index in [0.29, 0.717) is 25.6 Å². The second kappa shape index (κ2) is 6.45. The molecule has 1 amide bonds. The summed E-state index contributed by atoms with van der Waals surface area (Å²) < 4.78 is 65.1. The quantitative estimate of drug-likeness (QED) is 0.831. The molecule has 1 aromatic carbocycles. The first-order chi connectivity index (χ1) is 11.8. The number of hydrogen-bond donors (Lipinski definition) is 1. The molecule has 1 aromatic heterocycles. The van der Waals surface area contributed by atoms with Crippen molar-refractivity contribution in [1.29, 1.82) is 0 Å². The Morgan fingerprint density at radius 1 is 1.28 bits per heavy atom. The number of nitrogens with one attached hydrogen (secondary N) is 1. The maximum atomic E-state index is 13.8. The highest BCUT2D eigenvalue weighted by Gasteiger charge is 2.35. The molecule has 1 unspecified atom stereocenters. The molecular formula is C16H14F5N3O. The van der Waals surface area contributed by atoms with E-state index in [2.05, 4.69) is 9.97 Å². The number of alkyl halides is 3. The second-order valence-electron chi connectivity index (χ2n) is 5.87. The molecule has 9 heteroatoms. The highest BCUT2D eigenvalue weighted by atomic mass is 19.4. The summed E-state index contributed by atoms with van der Waals surface area (Å²) in [4.78, 5) is 19.7. The number of likely N-dealkylation sites (tertiary alicyclic amines) is 1. The van der Waals surface area contributed by atoms with Crippen LogP contribution in [0.4, 0.5) is 22.0 Å². The van der Waals surface area contributed by atoms with Crippen LogP contribution < -0.4 is 0 Å². The van der Waals surface area contributed by atoms with Crippen LogP contribution in [0.25, 0.3) is 0 Å². The summed E-state index contributed by atoms with van der Waals surface area (Å²) in [5.74, 6) is -3.34. The van der Waals surface area contributed by atoms with Crippen LogP contribution in [0.1, 0.15) is 40.6 Å². The molecule has 1 fully saturated rings. The number of aromatic amines is 1. The van der Waals surface area contributed by atoms with Crippen molar-refractivity contribution in [3.63, 3.8) is 0 Å². The third kappa shape index (κ3) is 3.49. The van der Waals surface area contributed by atoms with Crippen molar-refractivity contribution in [2.24, 2.45) is 0 Å². The first-order valence-electron chi connectivity index (χ1n) is 7.62. The Morgan fingerprint density at radius 2 is 2.04 bits per heavy atom. The molecule has 0 saturated carbocycles. The van der Waals surface area contributed by atoms with Crippen molar-refractivity contribution in [3.05, 3.63) is 53.1 Å². The molecule has 1 N–H and O–H groups in total. The van der Waals surface area contributed by atoms with Crippen LogP contribution in [0.2, 0.25) is 0 Å². The minimum Gasteiger partial charge on any atom is -0.338 e. The van der Waals surface area contributed by atoms with Gasteiger partial charge in [-0.2, -0.15) is 13.2 Å². The summed E-state index contributed by atoms with van der Waals surface area (Å²) in [5, 5.41) is 0. The normalized spacial score (nSPS) is 18.4. The van der Waals surface area contributed by atoms with Crippen molar-refractivity contribution in [2.75, 3.05) is 13.1 Å². The number of amides is 1. The molecule has 0 aliphatic carbocycles. The summed E-state index contributed by atoms with van der Waals surface area (Å²) in [7, 11) is 0. The number of imidazole rings is 1. The van der Waals surface area contributed by atoms with E-state index in [1.165, 1.54) is 17.0 Å². The average Bonchev–Trinajstić information content (AvgIpc) is 3.07. The fourth-order valence-electron chi connectivity index (χ4n) is 2.91. The molecule has 1 saturated heterocycles. The Kier molecular flexibility index (Phi) is 4.49. The van der Waals surface area contributed by atoms with Gasteiger partial charge < -0.3 is 9.88 Å². The minimum absolute atomic E-state index is 0.0829. The summed E-state index contributed by atoms with van der Waals surface area (Å²) >= 11 is 0. The van der Waals surface area contributed by atoms with Gasteiger partial charge in [-0.05, 0) is 25.0 Å². The van der Waals surface area contributed by atoms with E-state index in [1.807, 2.05) is 0 Å². The Hall–Kier alpha value is -2.45. The van der Waals surface area contributed by atoms with Crippen LogP contribution in [0.5, 0.6) is 0 Å². The SMILES string of the molecule is O=C(c1cccc(F)c1F)N1CCCC(c2ncc(C(F)(F)F)[nH]2)C1. The highest BCUT2D eigenvalue weighted by molar-refractivity contribution is 5.94. The molecule has 4 nitrogen and oxygen atoms in total. The molecular weight excluding hydrogens is 345 g/mol. The van der Waals surface area contributed by atoms with Crippen molar-refractivity contribution in [1.82, 2.24) is 14.9 Å². The number of H-pyrrole nitrogens is 1. The van der Waals surface area contributed by atoms with Crippen molar-refractivity contribution < 1.29 is 26.7 Å². The number of hydrogen-bond acceptors (Lipinski definition) is 2. The van der Waals surface area contributed by atoms with Gasteiger partial charge in [0.05, 0.1) is 11.8 Å². The minimum atomic E-state index is -4.53. The first-order valence-corrected chi connectivity index (χ1v) is 7.62. The van der Waals surface area contributed by atoms with Gasteiger partial charge in [-0.3, -0.25) is 4.79 Å². The zero-order valence-corrected chi connectivity index (χ0v) is 12.9. The van der Waals surface area contributed by atoms with Gasteiger partial charge in [-0.25, -0.2) is 13.8 Å². The van der Waals surface area contributed by atoms with E-state index < -0.39 is 40.9 Å². The van der Waals surface area contributed by atoms with E-state index >= 15 is 0 Å². The topological polar surface area (TPSA) is 49.0 Å². The Balaban J connectivity index is 1.78. The number of nitrogens with zero attached hydrogens (tertiary/aromatic N) is 2. The predicted molar refractivity (Wildman–Crippen MR) is 77.8 cm³/mol. The number of aromatic nitrogens is 2. The predicted octanol–water partition coefficient (Wildman–Crippen LogP) is 3.73. The average molecular weight is 359 g/mol. The maximum Gasteiger partial charge on any atom is 0.432 e. The van der Waals surface area contributed by atoms with Gasteiger partial charge in [0.15, 0.2) is 11.6 Å². The van der Waals surface area contributed by atoms with Crippen LogP contribution in [-0.4, -0.2) is 33.9 Å². The van der Waals surface area contributed by atoms with Gasteiger partial charge >= 0.3 is 6.18 Å². The lowest BCUT2D eigenvalue weighted by atomic mass is 9.96. The zero-order valence-electron chi connectivity index (χ0n) is 12.9. The molecule has 1 atom stereocenters. The number of halogens is 5. The third-order valence-corrected chi connectivity index (χ3v) is 4.18. The van der Waals surface area contributed by atoms with Crippen molar-refractivity contribution in [2.45, 2.75) is 24.9 Å². The molecule has 2 aromatic rings. The van der Waals surface area contributed by atoms with Gasteiger partial charge in [-0.15, -0.1) is 0 Å². The Morgan fingerprint density at radius 3 is 2.72 bits per heavy atom. The highest BCUT2D eigenvalue weighted by Crippen LogP contribution is 2.31. The van der Waals surface area contributed by atoms with E-state index in [4.69, 9.17) is 0 Å². The largest absolute Gasteiger partial charge is 0.432 e. The van der Waals surface area contributed by atoms with Gasteiger partial charge in [0.1, 0.15) is 11.5 Å². The monoisotopic (exact) mass is 359 g/mol. The molecule has 1 aliphatic heterocycles. The van der Waals surface area contributed by atoms with E-state index in [-0.39, 0.29) is 12.4 Å². The van der Waals surface area contributed by atoms with Gasteiger partial charge in [-0.1, -0.05) is 6.07 Å². The van der Waals surface area contributed by atoms with Crippen LogP contribution in [0.15, 0.2) is 24.4 Å². The fraction of sp³-hybridized carbons (Fsp3) is 0.375. The van der Waals surface area contributed by atoms with E-state index in [9.17, 15) is 26.7 Å². The molecule has 25 heavy (non-hydrogen) atoms. The molecule has 0 radical (unpaired) electrons. The molecule has 2 heterocycles. The molecule has 0 spiro atoms. The second-order valence-corrected chi connectivity index (χ2v) is 5.87. The lowest BCUT2D eigenvalue weighted by Gasteiger charge is -2.32. The van der Waals surface area contributed by atoms with Crippen LogP contribution in [0.3, 0.4) is 0 Å². The van der Waals surface area contributed by atoms with Gasteiger partial charge in [0.2, 0.25) is 0 Å². The van der Waals surface area contributed by atoms with Gasteiger partial charge in [0, 0.05) is 19.0 Å². The lowest BCUT2D eigenvalue weighted by Crippen LogP contribution is -2.39. The van der Waals surface area contributed by atoms with Crippen LogP contribution >= 0.6 is 0 Å². The summed E-state index contributed by atoms with van der Waals surface area (Å²) in [5.41, 5.74) is -1.35. The summed E-state index contributed by atoms with van der Waals surface area (Å²) in [6.07, 6.45) is -2.75. The number of rotatable bonds is 2. The first kappa shape index (κ1) is 17.4. The molecule has 134 valence electrons. The Bertz CT molecular complexity index is 786. The standard InChI is InChI=1S/C16H14F5N3O/c17-11-5-1-4-10(13(11)18)15(25)24-6-2-3-9(8-24)14-22-7-12(23-14)16(19,20)21/h1,4-5,7,9H,2-3,6,8H2,(H,22,23). The Labute approximate surface area is 139 Å². The molecule has 3 rings (SSSR count). The molecule has 1 aliphatic rings. The number of carbonyl (C=O) groups is 1. The zero-order chi connectivity index (χ0) is 18.2. The molecule has 0 bridgehead atoms.